The van der Waals surface area contributed by atoms with Gasteiger partial charge in [0.15, 0.2) is 5.78 Å². The summed E-state index contributed by atoms with van der Waals surface area (Å²) in [6.07, 6.45) is 1.30. The van der Waals surface area contributed by atoms with E-state index in [-0.39, 0.29) is 17.4 Å². The molecular formula is C12H12N2O4. The first-order chi connectivity index (χ1) is 8.59. The summed E-state index contributed by atoms with van der Waals surface area (Å²) < 4.78 is 0. The molecule has 1 atom stereocenters. The van der Waals surface area contributed by atoms with Crippen molar-refractivity contribution in [3.8, 4) is 0 Å². The third-order valence-electron chi connectivity index (χ3n) is 2.96. The number of nitro benzene ring substituents is 1. The van der Waals surface area contributed by atoms with Gasteiger partial charge < -0.3 is 5.32 Å². The number of hydrogen-bond acceptors (Lipinski definition) is 4. The van der Waals surface area contributed by atoms with E-state index in [9.17, 15) is 19.7 Å². The Morgan fingerprint density at radius 2 is 2.00 bits per heavy atom. The van der Waals surface area contributed by atoms with Crippen LogP contribution < -0.4 is 5.32 Å². The molecule has 1 saturated heterocycles. The molecule has 1 heterocycles. The number of carbonyl (C=O) groups excluding carboxylic acids is 2. The minimum atomic E-state index is -0.666. The zero-order valence-corrected chi connectivity index (χ0v) is 9.59. The van der Waals surface area contributed by atoms with Crippen LogP contribution >= 0.6 is 0 Å². The monoisotopic (exact) mass is 248 g/mol. The van der Waals surface area contributed by atoms with Crippen molar-refractivity contribution in [3.05, 3.63) is 39.9 Å². The fourth-order valence-electron chi connectivity index (χ4n) is 1.97. The SMILES string of the molecule is O=C1NCCCC1C(=O)c1ccc([N+](=O)[O-])cc1. The van der Waals surface area contributed by atoms with Crippen LogP contribution in [0.15, 0.2) is 24.3 Å². The number of carbonyl (C=O) groups is 2. The lowest BCUT2D eigenvalue weighted by atomic mass is 9.90. The summed E-state index contributed by atoms with van der Waals surface area (Å²) in [6, 6.07) is 5.33. The predicted molar refractivity (Wildman–Crippen MR) is 63.2 cm³/mol. The Labute approximate surface area is 103 Å². The van der Waals surface area contributed by atoms with Crippen LogP contribution in [0.4, 0.5) is 5.69 Å². The number of benzene rings is 1. The van der Waals surface area contributed by atoms with Gasteiger partial charge in [-0.2, -0.15) is 0 Å². The second-order valence-electron chi connectivity index (χ2n) is 4.15. The zero-order valence-electron chi connectivity index (χ0n) is 9.59. The Balaban J connectivity index is 2.17. The molecule has 0 aliphatic carbocycles. The maximum absolute atomic E-state index is 12.1. The van der Waals surface area contributed by atoms with Crippen molar-refractivity contribution in [2.75, 3.05) is 6.54 Å². The highest BCUT2D eigenvalue weighted by molar-refractivity contribution is 6.10. The van der Waals surface area contributed by atoms with Crippen LogP contribution in [0.3, 0.4) is 0 Å². The van der Waals surface area contributed by atoms with E-state index in [1.54, 1.807) is 0 Å². The maximum atomic E-state index is 12.1. The third kappa shape index (κ3) is 2.37. The van der Waals surface area contributed by atoms with E-state index in [2.05, 4.69) is 5.32 Å². The van der Waals surface area contributed by atoms with Gasteiger partial charge in [-0.05, 0) is 25.0 Å². The van der Waals surface area contributed by atoms with Crippen molar-refractivity contribution in [1.29, 1.82) is 0 Å². The largest absolute Gasteiger partial charge is 0.355 e. The molecule has 18 heavy (non-hydrogen) atoms. The van der Waals surface area contributed by atoms with E-state index in [4.69, 9.17) is 0 Å². The van der Waals surface area contributed by atoms with Gasteiger partial charge in [-0.25, -0.2) is 0 Å². The number of piperidine rings is 1. The molecule has 0 saturated carbocycles. The van der Waals surface area contributed by atoms with E-state index < -0.39 is 10.8 Å². The molecule has 1 N–H and O–H groups in total. The molecule has 6 nitrogen and oxygen atoms in total. The Bertz CT molecular complexity index is 495. The molecule has 1 amide bonds. The summed E-state index contributed by atoms with van der Waals surface area (Å²) >= 11 is 0. The Morgan fingerprint density at radius 3 is 2.56 bits per heavy atom. The molecule has 0 bridgehead atoms. The fourth-order valence-corrected chi connectivity index (χ4v) is 1.97. The number of nitrogens with zero attached hydrogens (tertiary/aromatic N) is 1. The Kier molecular flexibility index (Phi) is 3.36. The number of Topliss-reactive ketones (excluding diaryl/α,β-unsaturated/α-hetero) is 1. The van der Waals surface area contributed by atoms with Crippen LogP contribution in [0, 0.1) is 16.0 Å². The van der Waals surface area contributed by atoms with E-state index in [0.29, 0.717) is 18.5 Å². The molecule has 0 spiro atoms. The van der Waals surface area contributed by atoms with Gasteiger partial charge in [-0.15, -0.1) is 0 Å². The van der Waals surface area contributed by atoms with Crippen LogP contribution in [-0.2, 0) is 4.79 Å². The quantitative estimate of drug-likeness (QED) is 0.378. The molecular weight excluding hydrogens is 236 g/mol. The molecule has 1 aromatic rings. The average Bonchev–Trinajstić information content (AvgIpc) is 2.38. The molecule has 0 radical (unpaired) electrons. The molecule has 1 unspecified atom stereocenters. The van der Waals surface area contributed by atoms with Crippen molar-refractivity contribution in [2.45, 2.75) is 12.8 Å². The summed E-state index contributed by atoms with van der Waals surface area (Å²) in [7, 11) is 0. The molecule has 2 rings (SSSR count). The number of nitro groups is 1. The highest BCUT2D eigenvalue weighted by atomic mass is 16.6. The van der Waals surface area contributed by atoms with Gasteiger partial charge >= 0.3 is 0 Å². The second kappa shape index (κ2) is 4.95. The summed E-state index contributed by atoms with van der Waals surface area (Å²) in [6.45, 7) is 0.600. The lowest BCUT2D eigenvalue weighted by molar-refractivity contribution is -0.384. The smallest absolute Gasteiger partial charge is 0.269 e. The van der Waals surface area contributed by atoms with Gasteiger partial charge in [0.05, 0.1) is 4.92 Å². The third-order valence-corrected chi connectivity index (χ3v) is 2.96. The summed E-state index contributed by atoms with van der Waals surface area (Å²) in [5, 5.41) is 13.1. The van der Waals surface area contributed by atoms with Gasteiger partial charge in [0.1, 0.15) is 5.92 Å². The number of amides is 1. The van der Waals surface area contributed by atoms with Crippen LogP contribution in [0.5, 0.6) is 0 Å². The minimum absolute atomic E-state index is 0.0698. The van der Waals surface area contributed by atoms with E-state index >= 15 is 0 Å². The van der Waals surface area contributed by atoms with Crippen LogP contribution in [0.1, 0.15) is 23.2 Å². The van der Waals surface area contributed by atoms with Crippen molar-refractivity contribution in [1.82, 2.24) is 5.32 Å². The van der Waals surface area contributed by atoms with Crippen LogP contribution in [0.2, 0.25) is 0 Å². The molecule has 1 fully saturated rings. The Morgan fingerprint density at radius 1 is 1.33 bits per heavy atom. The standard InChI is InChI=1S/C12H12N2O4/c15-11(10-2-1-7-13-12(10)16)8-3-5-9(6-4-8)14(17)18/h3-6,10H,1-2,7H2,(H,13,16). The minimum Gasteiger partial charge on any atom is -0.355 e. The van der Waals surface area contributed by atoms with Gasteiger partial charge in [-0.3, -0.25) is 19.7 Å². The van der Waals surface area contributed by atoms with E-state index in [1.165, 1.54) is 24.3 Å². The van der Waals surface area contributed by atoms with E-state index in [1.807, 2.05) is 0 Å². The molecule has 6 heteroatoms. The molecule has 0 aromatic heterocycles. The van der Waals surface area contributed by atoms with Gasteiger partial charge in [-0.1, -0.05) is 0 Å². The molecule has 1 aromatic carbocycles. The average molecular weight is 248 g/mol. The molecule has 1 aliphatic rings. The second-order valence-corrected chi connectivity index (χ2v) is 4.15. The lowest BCUT2D eigenvalue weighted by Crippen LogP contribution is -2.40. The number of non-ortho nitro benzene ring substituents is 1. The summed E-state index contributed by atoms with van der Waals surface area (Å²) in [5.74, 6) is -1.20. The first-order valence-electron chi connectivity index (χ1n) is 5.66. The zero-order chi connectivity index (χ0) is 13.1. The lowest BCUT2D eigenvalue weighted by Gasteiger charge is -2.20. The first-order valence-corrected chi connectivity index (χ1v) is 5.66. The summed E-state index contributed by atoms with van der Waals surface area (Å²) in [4.78, 5) is 33.6. The topological polar surface area (TPSA) is 89.3 Å². The van der Waals surface area contributed by atoms with Crippen molar-refractivity contribution in [2.24, 2.45) is 5.92 Å². The Hall–Kier alpha value is -2.24. The highest BCUT2D eigenvalue weighted by Gasteiger charge is 2.29. The maximum Gasteiger partial charge on any atom is 0.269 e. The van der Waals surface area contributed by atoms with Crippen LogP contribution in [0.25, 0.3) is 0 Å². The van der Waals surface area contributed by atoms with Gasteiger partial charge in [0.2, 0.25) is 5.91 Å². The van der Waals surface area contributed by atoms with Gasteiger partial charge in [0, 0.05) is 24.2 Å². The fraction of sp³-hybridized carbons (Fsp3) is 0.333. The van der Waals surface area contributed by atoms with Crippen molar-refractivity contribution < 1.29 is 14.5 Å². The number of hydrogen-bond donors (Lipinski definition) is 1. The first kappa shape index (κ1) is 12.2. The molecule has 94 valence electrons. The predicted octanol–water partition coefficient (Wildman–Crippen LogP) is 1.30. The number of rotatable bonds is 3. The normalized spacial score (nSPS) is 19.1. The number of ketones is 1. The van der Waals surface area contributed by atoms with E-state index in [0.717, 1.165) is 6.42 Å². The van der Waals surface area contributed by atoms with Crippen molar-refractivity contribution in [3.63, 3.8) is 0 Å². The summed E-state index contributed by atoms with van der Waals surface area (Å²) in [5.41, 5.74) is 0.266. The number of nitrogens with one attached hydrogen (secondary N) is 1. The highest BCUT2D eigenvalue weighted by Crippen LogP contribution is 2.19. The van der Waals surface area contributed by atoms with Crippen molar-refractivity contribution >= 4 is 17.4 Å². The van der Waals surface area contributed by atoms with Crippen LogP contribution in [-0.4, -0.2) is 23.2 Å². The van der Waals surface area contributed by atoms with Gasteiger partial charge in [0.25, 0.3) is 5.69 Å². The molecule has 1 aliphatic heterocycles.